The van der Waals surface area contributed by atoms with Gasteiger partial charge in [-0.3, -0.25) is 4.79 Å². The quantitative estimate of drug-likeness (QED) is 0.707. The molecule has 0 aromatic heterocycles. The average molecular weight is 225 g/mol. The van der Waals surface area contributed by atoms with E-state index >= 15 is 0 Å². The summed E-state index contributed by atoms with van der Waals surface area (Å²) < 4.78 is 12.9. The zero-order chi connectivity index (χ0) is 11.7. The fourth-order valence-corrected chi connectivity index (χ4v) is 1.74. The molecule has 0 bridgehead atoms. The van der Waals surface area contributed by atoms with Crippen LogP contribution in [0.3, 0.4) is 0 Å². The Morgan fingerprint density at radius 2 is 1.94 bits per heavy atom. The summed E-state index contributed by atoms with van der Waals surface area (Å²) in [5.74, 6) is -0.860. The van der Waals surface area contributed by atoms with Crippen LogP contribution in [-0.2, 0) is 0 Å². The molecule has 2 atom stereocenters. The largest absolute Gasteiger partial charge is 0.388 e. The molecule has 0 saturated carbocycles. The molecule has 1 heterocycles. The van der Waals surface area contributed by atoms with E-state index in [4.69, 9.17) is 0 Å². The lowest BCUT2D eigenvalue weighted by Gasteiger charge is -2.15. The average Bonchev–Trinajstić information content (AvgIpc) is 2.58. The number of aliphatic hydroxyl groups is 2. The fraction of sp³-hybridized carbons (Fsp3) is 0.364. The lowest BCUT2D eigenvalue weighted by Crippen LogP contribution is -2.29. The molecule has 2 unspecified atom stereocenters. The number of benzene rings is 1. The van der Waals surface area contributed by atoms with E-state index in [1.165, 1.54) is 23.1 Å². The number of aliphatic hydroxyl groups excluding tert-OH is 2. The first-order chi connectivity index (χ1) is 7.58. The number of β-amino-alcohol motifs (C(OH)–C–C–N with tert-alkyl or cyclic N) is 2. The minimum atomic E-state index is -0.919. The molecule has 1 saturated heterocycles. The maximum absolute atomic E-state index is 12.9. The number of hydrogen-bond acceptors (Lipinski definition) is 3. The summed E-state index contributed by atoms with van der Waals surface area (Å²) in [4.78, 5) is 13.1. The van der Waals surface area contributed by atoms with Gasteiger partial charge in [-0.25, -0.2) is 4.39 Å². The number of rotatable bonds is 1. The number of likely N-dealkylation sites (tertiary alicyclic amines) is 1. The summed E-state index contributed by atoms with van der Waals surface area (Å²) in [6, 6.07) is 5.35. The first kappa shape index (κ1) is 11.0. The van der Waals surface area contributed by atoms with Crippen LogP contribution in [0.4, 0.5) is 4.39 Å². The van der Waals surface area contributed by atoms with Crippen LogP contribution < -0.4 is 0 Å². The van der Waals surface area contributed by atoms with Gasteiger partial charge in [0.15, 0.2) is 0 Å². The second-order valence-corrected chi connectivity index (χ2v) is 3.86. The predicted molar refractivity (Wildman–Crippen MR) is 54.3 cm³/mol. The lowest BCUT2D eigenvalue weighted by atomic mass is 10.2. The van der Waals surface area contributed by atoms with E-state index in [-0.39, 0.29) is 24.6 Å². The van der Waals surface area contributed by atoms with E-state index in [9.17, 15) is 19.4 Å². The minimum absolute atomic E-state index is 0.0799. The van der Waals surface area contributed by atoms with Crippen molar-refractivity contribution in [3.63, 3.8) is 0 Å². The highest BCUT2D eigenvalue weighted by Crippen LogP contribution is 2.14. The zero-order valence-electron chi connectivity index (χ0n) is 8.51. The molecule has 1 aliphatic heterocycles. The van der Waals surface area contributed by atoms with Crippen LogP contribution in [0.15, 0.2) is 24.3 Å². The second kappa shape index (κ2) is 4.19. The standard InChI is InChI=1S/C11H12FNO3/c12-8-3-1-2-7(4-8)11(16)13-5-9(14)10(15)6-13/h1-4,9-10,14-15H,5-6H2. The van der Waals surface area contributed by atoms with E-state index in [1.807, 2.05) is 0 Å². The number of hydrogen-bond donors (Lipinski definition) is 2. The molecule has 0 aliphatic carbocycles. The van der Waals surface area contributed by atoms with Gasteiger partial charge in [0.25, 0.3) is 5.91 Å². The van der Waals surface area contributed by atoms with Crippen molar-refractivity contribution in [2.45, 2.75) is 12.2 Å². The van der Waals surface area contributed by atoms with Gasteiger partial charge in [0.1, 0.15) is 5.82 Å². The Kier molecular flexibility index (Phi) is 2.89. The molecular formula is C11H12FNO3. The van der Waals surface area contributed by atoms with Gasteiger partial charge < -0.3 is 15.1 Å². The van der Waals surface area contributed by atoms with Crippen LogP contribution in [0.2, 0.25) is 0 Å². The summed E-state index contributed by atoms with van der Waals surface area (Å²) in [6.07, 6.45) is -1.84. The molecule has 1 aromatic rings. The molecule has 5 heteroatoms. The van der Waals surface area contributed by atoms with Gasteiger partial charge in [-0.15, -0.1) is 0 Å². The van der Waals surface area contributed by atoms with E-state index < -0.39 is 18.0 Å². The third-order valence-corrected chi connectivity index (χ3v) is 2.62. The molecule has 2 rings (SSSR count). The Hall–Kier alpha value is -1.46. The highest BCUT2D eigenvalue weighted by molar-refractivity contribution is 5.94. The molecule has 1 aromatic carbocycles. The molecule has 1 fully saturated rings. The van der Waals surface area contributed by atoms with Gasteiger partial charge in [0.05, 0.1) is 12.2 Å². The topological polar surface area (TPSA) is 60.8 Å². The Morgan fingerprint density at radius 3 is 2.50 bits per heavy atom. The van der Waals surface area contributed by atoms with Crippen molar-refractivity contribution in [1.29, 1.82) is 0 Å². The molecule has 86 valence electrons. The van der Waals surface area contributed by atoms with Crippen molar-refractivity contribution in [3.8, 4) is 0 Å². The molecule has 0 spiro atoms. The summed E-state index contributed by atoms with van der Waals surface area (Å²) in [6.45, 7) is 0.160. The number of nitrogens with zero attached hydrogens (tertiary/aromatic N) is 1. The van der Waals surface area contributed by atoms with Gasteiger partial charge in [-0.1, -0.05) is 6.07 Å². The molecule has 16 heavy (non-hydrogen) atoms. The first-order valence-electron chi connectivity index (χ1n) is 4.99. The van der Waals surface area contributed by atoms with Gasteiger partial charge in [0, 0.05) is 18.7 Å². The highest BCUT2D eigenvalue weighted by Gasteiger charge is 2.32. The van der Waals surface area contributed by atoms with Crippen LogP contribution >= 0.6 is 0 Å². The highest BCUT2D eigenvalue weighted by atomic mass is 19.1. The van der Waals surface area contributed by atoms with Crippen molar-refractivity contribution in [3.05, 3.63) is 35.6 Å². The zero-order valence-corrected chi connectivity index (χ0v) is 8.51. The number of halogens is 1. The monoisotopic (exact) mass is 225 g/mol. The molecule has 2 N–H and O–H groups in total. The van der Waals surface area contributed by atoms with Crippen LogP contribution in [0.25, 0.3) is 0 Å². The van der Waals surface area contributed by atoms with Crippen LogP contribution in [0.1, 0.15) is 10.4 Å². The van der Waals surface area contributed by atoms with E-state index in [0.717, 1.165) is 6.07 Å². The molecule has 1 amide bonds. The molecule has 4 nitrogen and oxygen atoms in total. The number of carbonyl (C=O) groups is 1. The van der Waals surface area contributed by atoms with Crippen LogP contribution in [0.5, 0.6) is 0 Å². The van der Waals surface area contributed by atoms with Gasteiger partial charge >= 0.3 is 0 Å². The van der Waals surface area contributed by atoms with Gasteiger partial charge in [-0.05, 0) is 18.2 Å². The second-order valence-electron chi connectivity index (χ2n) is 3.86. The Bertz CT molecular complexity index is 400. The summed E-state index contributed by atoms with van der Waals surface area (Å²) in [5.41, 5.74) is 0.223. The summed E-state index contributed by atoms with van der Waals surface area (Å²) in [7, 11) is 0. The molecule has 1 aliphatic rings. The van der Waals surface area contributed by atoms with E-state index in [1.54, 1.807) is 0 Å². The SMILES string of the molecule is O=C(c1cccc(F)c1)N1CC(O)C(O)C1. The van der Waals surface area contributed by atoms with Crippen LogP contribution in [-0.4, -0.2) is 46.3 Å². The Balaban J connectivity index is 2.14. The minimum Gasteiger partial charge on any atom is -0.388 e. The van der Waals surface area contributed by atoms with E-state index in [0.29, 0.717) is 0 Å². The van der Waals surface area contributed by atoms with Crippen molar-refractivity contribution in [2.75, 3.05) is 13.1 Å². The maximum atomic E-state index is 12.9. The van der Waals surface area contributed by atoms with Gasteiger partial charge in [0.2, 0.25) is 0 Å². The summed E-state index contributed by atoms with van der Waals surface area (Å²) in [5, 5.41) is 18.6. The van der Waals surface area contributed by atoms with Gasteiger partial charge in [-0.2, -0.15) is 0 Å². The van der Waals surface area contributed by atoms with Crippen molar-refractivity contribution in [1.82, 2.24) is 4.90 Å². The van der Waals surface area contributed by atoms with Crippen molar-refractivity contribution < 1.29 is 19.4 Å². The van der Waals surface area contributed by atoms with Crippen LogP contribution in [0, 0.1) is 5.82 Å². The predicted octanol–water partition coefficient (Wildman–Crippen LogP) is 0.00330. The number of amides is 1. The lowest BCUT2D eigenvalue weighted by molar-refractivity contribution is 0.0572. The third kappa shape index (κ3) is 2.05. The molecular weight excluding hydrogens is 213 g/mol. The number of carbonyl (C=O) groups excluding carboxylic acids is 1. The normalized spacial score (nSPS) is 24.8. The third-order valence-electron chi connectivity index (χ3n) is 2.62. The van der Waals surface area contributed by atoms with E-state index in [2.05, 4.69) is 0 Å². The maximum Gasteiger partial charge on any atom is 0.254 e. The fourth-order valence-electron chi connectivity index (χ4n) is 1.74. The smallest absolute Gasteiger partial charge is 0.254 e. The Morgan fingerprint density at radius 1 is 1.31 bits per heavy atom. The first-order valence-corrected chi connectivity index (χ1v) is 4.99. The Labute approximate surface area is 91.9 Å². The molecule has 0 radical (unpaired) electrons. The summed E-state index contributed by atoms with van der Waals surface area (Å²) >= 11 is 0. The van der Waals surface area contributed by atoms with Crippen molar-refractivity contribution in [2.24, 2.45) is 0 Å². The van der Waals surface area contributed by atoms with Crippen molar-refractivity contribution >= 4 is 5.91 Å².